The lowest BCUT2D eigenvalue weighted by Gasteiger charge is -2.07. The van der Waals surface area contributed by atoms with Gasteiger partial charge in [-0.05, 0) is 54.4 Å². The molecule has 0 unspecified atom stereocenters. The van der Waals surface area contributed by atoms with Gasteiger partial charge in [-0.3, -0.25) is 4.79 Å². The van der Waals surface area contributed by atoms with E-state index in [1.165, 1.54) is 12.1 Å². The number of H-pyrrole nitrogens is 1. The Kier molecular flexibility index (Phi) is 5.56. The Morgan fingerprint density at radius 2 is 2.00 bits per heavy atom. The molecule has 6 heteroatoms. The third-order valence-corrected chi connectivity index (χ3v) is 4.04. The van der Waals surface area contributed by atoms with Crippen LogP contribution in [-0.4, -0.2) is 24.0 Å². The molecule has 3 aromatic rings. The Labute approximate surface area is 149 Å². The number of carbonyl (C=O) groups is 1. The van der Waals surface area contributed by atoms with Crippen LogP contribution in [0.3, 0.4) is 0 Å². The fourth-order valence-corrected chi connectivity index (χ4v) is 2.73. The summed E-state index contributed by atoms with van der Waals surface area (Å²) < 4.78 is 18.3. The number of aromatic amines is 1. The van der Waals surface area contributed by atoms with Gasteiger partial charge < -0.3 is 15.0 Å². The third-order valence-electron chi connectivity index (χ3n) is 3.81. The predicted molar refractivity (Wildman–Crippen MR) is 96.5 cm³/mol. The van der Waals surface area contributed by atoms with Gasteiger partial charge in [-0.25, -0.2) is 4.39 Å². The van der Waals surface area contributed by atoms with Gasteiger partial charge in [0.1, 0.15) is 11.6 Å². The van der Waals surface area contributed by atoms with Gasteiger partial charge in [-0.1, -0.05) is 11.6 Å². The van der Waals surface area contributed by atoms with Crippen LogP contribution < -0.4 is 10.1 Å². The molecule has 1 amide bonds. The van der Waals surface area contributed by atoms with Crippen molar-refractivity contribution in [2.45, 2.75) is 12.8 Å². The number of benzene rings is 2. The summed E-state index contributed by atoms with van der Waals surface area (Å²) in [6, 6.07) is 11.4. The number of fused-ring (bicyclic) bond motifs is 1. The van der Waals surface area contributed by atoms with Crippen LogP contribution in [0.15, 0.2) is 48.7 Å². The molecule has 0 aliphatic heterocycles. The molecule has 2 aromatic carbocycles. The maximum absolute atomic E-state index is 12.8. The first-order valence-corrected chi connectivity index (χ1v) is 8.40. The SMILES string of the molecule is O=C(Cc1c[nH]c2ccc(Cl)cc12)NCCCOc1ccc(F)cc1. The molecule has 1 aromatic heterocycles. The average molecular weight is 361 g/mol. The molecule has 0 aliphatic carbocycles. The number of carbonyl (C=O) groups excluding carboxylic acids is 1. The Morgan fingerprint density at radius 3 is 2.80 bits per heavy atom. The fraction of sp³-hybridized carbons (Fsp3) is 0.211. The minimum Gasteiger partial charge on any atom is -0.494 e. The highest BCUT2D eigenvalue weighted by Gasteiger charge is 2.09. The summed E-state index contributed by atoms with van der Waals surface area (Å²) in [5.41, 5.74) is 1.87. The van der Waals surface area contributed by atoms with Crippen molar-refractivity contribution in [2.75, 3.05) is 13.2 Å². The van der Waals surface area contributed by atoms with E-state index < -0.39 is 0 Å². The first kappa shape index (κ1) is 17.3. The van der Waals surface area contributed by atoms with Crippen LogP contribution in [0.5, 0.6) is 5.75 Å². The molecule has 130 valence electrons. The lowest BCUT2D eigenvalue weighted by atomic mass is 10.1. The van der Waals surface area contributed by atoms with E-state index in [1.54, 1.807) is 12.1 Å². The number of ether oxygens (including phenoxy) is 1. The highest BCUT2D eigenvalue weighted by Crippen LogP contribution is 2.22. The van der Waals surface area contributed by atoms with E-state index >= 15 is 0 Å². The van der Waals surface area contributed by atoms with Crippen molar-refractivity contribution in [1.82, 2.24) is 10.3 Å². The Balaban J connectivity index is 1.42. The maximum atomic E-state index is 12.8. The topological polar surface area (TPSA) is 54.1 Å². The summed E-state index contributed by atoms with van der Waals surface area (Å²) in [6.07, 6.45) is 2.79. The van der Waals surface area contributed by atoms with E-state index in [1.807, 2.05) is 24.4 Å². The molecular weight excluding hydrogens is 343 g/mol. The molecule has 0 spiro atoms. The van der Waals surface area contributed by atoms with Crippen molar-refractivity contribution in [2.24, 2.45) is 0 Å². The van der Waals surface area contributed by atoms with E-state index in [2.05, 4.69) is 10.3 Å². The van der Waals surface area contributed by atoms with E-state index in [-0.39, 0.29) is 11.7 Å². The summed E-state index contributed by atoms with van der Waals surface area (Å²) >= 11 is 6.01. The smallest absolute Gasteiger partial charge is 0.224 e. The minimum absolute atomic E-state index is 0.0531. The van der Waals surface area contributed by atoms with Crippen LogP contribution in [0.1, 0.15) is 12.0 Å². The second-order valence-corrected chi connectivity index (χ2v) is 6.12. The van der Waals surface area contributed by atoms with Crippen LogP contribution in [0, 0.1) is 5.82 Å². The second-order valence-electron chi connectivity index (χ2n) is 5.69. The van der Waals surface area contributed by atoms with Crippen molar-refractivity contribution in [3.8, 4) is 5.75 Å². The van der Waals surface area contributed by atoms with Gasteiger partial charge in [0, 0.05) is 28.7 Å². The molecule has 0 fully saturated rings. The maximum Gasteiger partial charge on any atom is 0.224 e. The summed E-state index contributed by atoms with van der Waals surface area (Å²) in [5, 5.41) is 4.48. The summed E-state index contributed by atoms with van der Waals surface area (Å²) in [5.74, 6) is 0.268. The third kappa shape index (κ3) is 4.73. The van der Waals surface area contributed by atoms with E-state index in [9.17, 15) is 9.18 Å². The number of hydrogen-bond acceptors (Lipinski definition) is 2. The van der Waals surface area contributed by atoms with Gasteiger partial charge in [-0.15, -0.1) is 0 Å². The monoisotopic (exact) mass is 360 g/mol. The molecule has 3 rings (SSSR count). The van der Waals surface area contributed by atoms with Crippen molar-refractivity contribution >= 4 is 28.4 Å². The number of rotatable bonds is 7. The molecule has 1 heterocycles. The number of halogens is 2. The second kappa shape index (κ2) is 8.03. The molecule has 25 heavy (non-hydrogen) atoms. The van der Waals surface area contributed by atoms with Gasteiger partial charge in [-0.2, -0.15) is 0 Å². The summed E-state index contributed by atoms with van der Waals surface area (Å²) in [4.78, 5) is 15.2. The number of aromatic nitrogens is 1. The van der Waals surface area contributed by atoms with Gasteiger partial charge in [0.15, 0.2) is 0 Å². The van der Waals surface area contributed by atoms with Crippen LogP contribution in [0.2, 0.25) is 5.02 Å². The lowest BCUT2D eigenvalue weighted by molar-refractivity contribution is -0.120. The molecule has 0 saturated carbocycles. The van der Waals surface area contributed by atoms with Crippen molar-refractivity contribution in [1.29, 1.82) is 0 Å². The summed E-state index contributed by atoms with van der Waals surface area (Å²) in [6.45, 7) is 0.970. The zero-order valence-electron chi connectivity index (χ0n) is 13.5. The average Bonchev–Trinajstić information content (AvgIpc) is 2.98. The fourth-order valence-electron chi connectivity index (χ4n) is 2.55. The van der Waals surface area contributed by atoms with Gasteiger partial charge in [0.25, 0.3) is 0 Å². The highest BCUT2D eigenvalue weighted by atomic mass is 35.5. The Bertz CT molecular complexity index is 861. The van der Waals surface area contributed by atoms with Gasteiger partial charge >= 0.3 is 0 Å². The quantitative estimate of drug-likeness (QED) is 0.623. The molecule has 0 radical (unpaired) electrons. The first-order chi connectivity index (χ1) is 12.1. The number of amides is 1. The predicted octanol–water partition coefficient (Wildman–Crippen LogP) is 4.09. The zero-order valence-corrected chi connectivity index (χ0v) is 14.3. The molecular formula is C19H18ClFN2O2. The van der Waals surface area contributed by atoms with Crippen molar-refractivity contribution in [3.05, 3.63) is 65.1 Å². The van der Waals surface area contributed by atoms with E-state index in [0.717, 1.165) is 16.5 Å². The molecule has 0 saturated heterocycles. The van der Waals surface area contributed by atoms with E-state index in [0.29, 0.717) is 36.8 Å². The van der Waals surface area contributed by atoms with E-state index in [4.69, 9.17) is 16.3 Å². The molecule has 2 N–H and O–H groups in total. The minimum atomic E-state index is -0.293. The molecule has 4 nitrogen and oxygen atoms in total. The first-order valence-electron chi connectivity index (χ1n) is 8.02. The Hall–Kier alpha value is -2.53. The van der Waals surface area contributed by atoms with Crippen molar-refractivity contribution in [3.63, 3.8) is 0 Å². The van der Waals surface area contributed by atoms with Crippen LogP contribution in [-0.2, 0) is 11.2 Å². The molecule has 0 atom stereocenters. The number of nitrogens with one attached hydrogen (secondary N) is 2. The van der Waals surface area contributed by atoms with Crippen LogP contribution in [0.4, 0.5) is 4.39 Å². The molecule has 0 aliphatic rings. The normalized spacial score (nSPS) is 10.8. The highest BCUT2D eigenvalue weighted by molar-refractivity contribution is 6.31. The Morgan fingerprint density at radius 1 is 1.20 bits per heavy atom. The van der Waals surface area contributed by atoms with Gasteiger partial charge in [0.05, 0.1) is 13.0 Å². The largest absolute Gasteiger partial charge is 0.494 e. The van der Waals surface area contributed by atoms with Crippen LogP contribution >= 0.6 is 11.6 Å². The lowest BCUT2D eigenvalue weighted by Crippen LogP contribution is -2.27. The standard InChI is InChI=1S/C19H18ClFN2O2/c20-14-2-7-18-17(11-14)13(12-23-18)10-19(24)22-8-1-9-25-16-5-3-15(21)4-6-16/h2-7,11-12,23H,1,8-10H2,(H,22,24). The molecule has 0 bridgehead atoms. The van der Waals surface area contributed by atoms with Crippen molar-refractivity contribution < 1.29 is 13.9 Å². The zero-order chi connectivity index (χ0) is 17.6. The summed E-state index contributed by atoms with van der Waals surface area (Å²) in [7, 11) is 0. The number of hydrogen-bond donors (Lipinski definition) is 2. The van der Waals surface area contributed by atoms with Crippen LogP contribution in [0.25, 0.3) is 10.9 Å². The van der Waals surface area contributed by atoms with Gasteiger partial charge in [0.2, 0.25) is 5.91 Å².